The SMILES string of the molecule is Cc1cccc(C(Cc2ccccn2)NC(=S)NCCO)n1. The number of aryl methyl sites for hydroxylation is 1. The molecule has 6 heteroatoms. The lowest BCUT2D eigenvalue weighted by atomic mass is 10.1. The highest BCUT2D eigenvalue weighted by Crippen LogP contribution is 2.16. The van der Waals surface area contributed by atoms with Crippen molar-refractivity contribution in [3.05, 3.63) is 59.7 Å². The lowest BCUT2D eigenvalue weighted by Gasteiger charge is -2.20. The zero-order chi connectivity index (χ0) is 15.8. The van der Waals surface area contributed by atoms with Gasteiger partial charge >= 0.3 is 0 Å². The molecule has 116 valence electrons. The average Bonchev–Trinajstić information content (AvgIpc) is 2.53. The summed E-state index contributed by atoms with van der Waals surface area (Å²) < 4.78 is 0. The normalized spacial score (nSPS) is 11.7. The number of hydrogen-bond donors (Lipinski definition) is 3. The average molecular weight is 316 g/mol. The Bertz CT molecular complexity index is 606. The Morgan fingerprint density at radius 3 is 2.82 bits per heavy atom. The fourth-order valence-corrected chi connectivity index (χ4v) is 2.34. The van der Waals surface area contributed by atoms with Crippen LogP contribution in [0.2, 0.25) is 0 Å². The smallest absolute Gasteiger partial charge is 0.166 e. The van der Waals surface area contributed by atoms with Crippen molar-refractivity contribution in [1.29, 1.82) is 0 Å². The maximum atomic E-state index is 8.87. The molecule has 2 aromatic rings. The molecule has 0 aliphatic heterocycles. The summed E-state index contributed by atoms with van der Waals surface area (Å²) in [6, 6.07) is 11.7. The predicted octanol–water partition coefficient (Wildman–Crippen LogP) is 1.53. The van der Waals surface area contributed by atoms with Gasteiger partial charge in [0.2, 0.25) is 0 Å². The zero-order valence-corrected chi connectivity index (χ0v) is 13.3. The molecule has 22 heavy (non-hydrogen) atoms. The van der Waals surface area contributed by atoms with E-state index >= 15 is 0 Å². The van der Waals surface area contributed by atoms with E-state index in [0.29, 0.717) is 18.1 Å². The second kappa shape index (κ2) is 8.41. The van der Waals surface area contributed by atoms with E-state index in [1.807, 2.05) is 43.3 Å². The van der Waals surface area contributed by atoms with Crippen LogP contribution in [-0.2, 0) is 6.42 Å². The first-order valence-electron chi connectivity index (χ1n) is 7.17. The van der Waals surface area contributed by atoms with Gasteiger partial charge in [-0.3, -0.25) is 9.97 Å². The first-order valence-corrected chi connectivity index (χ1v) is 7.58. The third-order valence-electron chi connectivity index (χ3n) is 3.11. The lowest BCUT2D eigenvalue weighted by Crippen LogP contribution is -2.40. The van der Waals surface area contributed by atoms with Crippen molar-refractivity contribution in [1.82, 2.24) is 20.6 Å². The number of thiocarbonyl (C=S) groups is 1. The number of nitrogens with zero attached hydrogens (tertiary/aromatic N) is 2. The van der Waals surface area contributed by atoms with E-state index in [1.54, 1.807) is 6.20 Å². The Balaban J connectivity index is 2.15. The summed E-state index contributed by atoms with van der Waals surface area (Å²) in [5.41, 5.74) is 2.84. The van der Waals surface area contributed by atoms with E-state index in [0.717, 1.165) is 17.1 Å². The van der Waals surface area contributed by atoms with E-state index in [1.165, 1.54) is 0 Å². The van der Waals surface area contributed by atoms with E-state index < -0.39 is 0 Å². The van der Waals surface area contributed by atoms with Gasteiger partial charge in [0.05, 0.1) is 18.3 Å². The maximum Gasteiger partial charge on any atom is 0.166 e. The summed E-state index contributed by atoms with van der Waals surface area (Å²) in [6.45, 7) is 2.42. The van der Waals surface area contributed by atoms with Crippen LogP contribution in [0.1, 0.15) is 23.1 Å². The highest BCUT2D eigenvalue weighted by Gasteiger charge is 2.15. The van der Waals surface area contributed by atoms with Crippen molar-refractivity contribution in [3.63, 3.8) is 0 Å². The van der Waals surface area contributed by atoms with Crippen molar-refractivity contribution in [2.45, 2.75) is 19.4 Å². The van der Waals surface area contributed by atoms with Crippen molar-refractivity contribution >= 4 is 17.3 Å². The molecule has 0 aliphatic rings. The lowest BCUT2D eigenvalue weighted by molar-refractivity contribution is 0.300. The monoisotopic (exact) mass is 316 g/mol. The maximum absolute atomic E-state index is 8.87. The number of hydrogen-bond acceptors (Lipinski definition) is 4. The third-order valence-corrected chi connectivity index (χ3v) is 3.37. The fraction of sp³-hybridized carbons (Fsp3) is 0.312. The van der Waals surface area contributed by atoms with Crippen molar-refractivity contribution in [2.24, 2.45) is 0 Å². The minimum Gasteiger partial charge on any atom is -0.395 e. The van der Waals surface area contributed by atoms with Gasteiger partial charge in [-0.05, 0) is 43.4 Å². The number of rotatable bonds is 6. The molecule has 0 radical (unpaired) electrons. The molecule has 0 spiro atoms. The summed E-state index contributed by atoms with van der Waals surface area (Å²) >= 11 is 5.26. The highest BCUT2D eigenvalue weighted by molar-refractivity contribution is 7.80. The standard InChI is InChI=1S/C16H20N4OS/c1-12-5-4-7-14(19-12)15(20-16(22)18-9-10-21)11-13-6-2-3-8-17-13/h2-8,15,21H,9-11H2,1H3,(H2,18,20,22). The van der Waals surface area contributed by atoms with Gasteiger partial charge in [0.25, 0.3) is 0 Å². The van der Waals surface area contributed by atoms with Gasteiger partial charge in [-0.25, -0.2) is 0 Å². The molecule has 2 heterocycles. The van der Waals surface area contributed by atoms with Gasteiger partial charge in [0.1, 0.15) is 0 Å². The number of nitrogens with one attached hydrogen (secondary N) is 2. The fourth-order valence-electron chi connectivity index (χ4n) is 2.09. The molecular formula is C16H20N4OS. The Morgan fingerprint density at radius 1 is 1.27 bits per heavy atom. The molecule has 0 aliphatic carbocycles. The van der Waals surface area contributed by atoms with Crippen LogP contribution >= 0.6 is 12.2 Å². The molecule has 1 unspecified atom stereocenters. The predicted molar refractivity (Wildman–Crippen MR) is 90.5 cm³/mol. The summed E-state index contributed by atoms with van der Waals surface area (Å²) in [5, 5.41) is 15.6. The van der Waals surface area contributed by atoms with Gasteiger partial charge in [0.15, 0.2) is 5.11 Å². The molecule has 0 aromatic carbocycles. The number of aliphatic hydroxyl groups is 1. The van der Waals surface area contributed by atoms with Crippen LogP contribution in [0.3, 0.4) is 0 Å². The molecular weight excluding hydrogens is 296 g/mol. The van der Waals surface area contributed by atoms with Gasteiger partial charge in [-0.1, -0.05) is 12.1 Å². The first-order chi connectivity index (χ1) is 10.7. The molecule has 0 saturated heterocycles. The van der Waals surface area contributed by atoms with Crippen LogP contribution in [0.25, 0.3) is 0 Å². The van der Waals surface area contributed by atoms with E-state index in [2.05, 4.69) is 20.6 Å². The zero-order valence-electron chi connectivity index (χ0n) is 12.5. The minimum absolute atomic E-state index is 0.0371. The molecule has 1 atom stereocenters. The van der Waals surface area contributed by atoms with Gasteiger partial charge in [0, 0.05) is 30.6 Å². The molecule has 0 amide bonds. The van der Waals surface area contributed by atoms with Gasteiger partial charge in [-0.15, -0.1) is 0 Å². The number of pyridine rings is 2. The first kappa shape index (κ1) is 16.3. The summed E-state index contributed by atoms with van der Waals surface area (Å²) in [4.78, 5) is 8.94. The Labute approximate surface area is 135 Å². The molecule has 0 fully saturated rings. The van der Waals surface area contributed by atoms with Crippen molar-refractivity contribution in [3.8, 4) is 0 Å². The van der Waals surface area contributed by atoms with Gasteiger partial charge < -0.3 is 15.7 Å². The minimum atomic E-state index is -0.0755. The number of aromatic nitrogens is 2. The second-order valence-corrected chi connectivity index (χ2v) is 5.31. The van der Waals surface area contributed by atoms with Crippen LogP contribution in [0.5, 0.6) is 0 Å². The van der Waals surface area contributed by atoms with E-state index in [-0.39, 0.29) is 12.6 Å². The van der Waals surface area contributed by atoms with Crippen molar-refractivity contribution < 1.29 is 5.11 Å². The molecule has 3 N–H and O–H groups in total. The van der Waals surface area contributed by atoms with E-state index in [9.17, 15) is 0 Å². The molecule has 0 bridgehead atoms. The second-order valence-electron chi connectivity index (χ2n) is 4.91. The molecule has 5 nitrogen and oxygen atoms in total. The van der Waals surface area contributed by atoms with Crippen LogP contribution in [0.15, 0.2) is 42.6 Å². The Morgan fingerprint density at radius 2 is 2.14 bits per heavy atom. The molecule has 2 rings (SSSR count). The van der Waals surface area contributed by atoms with Crippen LogP contribution < -0.4 is 10.6 Å². The van der Waals surface area contributed by atoms with Gasteiger partial charge in [-0.2, -0.15) is 0 Å². The summed E-state index contributed by atoms with van der Waals surface area (Å²) in [5.74, 6) is 0. The topological polar surface area (TPSA) is 70.1 Å². The Kier molecular flexibility index (Phi) is 6.24. The van der Waals surface area contributed by atoms with Crippen LogP contribution in [0, 0.1) is 6.92 Å². The molecule has 0 saturated carbocycles. The third kappa shape index (κ3) is 5.05. The highest BCUT2D eigenvalue weighted by atomic mass is 32.1. The van der Waals surface area contributed by atoms with Crippen molar-refractivity contribution in [2.75, 3.05) is 13.2 Å². The van der Waals surface area contributed by atoms with Crippen LogP contribution in [0.4, 0.5) is 0 Å². The molecule has 2 aromatic heterocycles. The van der Waals surface area contributed by atoms with Crippen LogP contribution in [-0.4, -0.2) is 33.3 Å². The number of aliphatic hydroxyl groups excluding tert-OH is 1. The Hall–Kier alpha value is -2.05. The van der Waals surface area contributed by atoms with E-state index in [4.69, 9.17) is 17.3 Å². The summed E-state index contributed by atoms with van der Waals surface area (Å²) in [6.07, 6.45) is 2.45. The largest absolute Gasteiger partial charge is 0.395 e. The quantitative estimate of drug-likeness (QED) is 0.702. The summed E-state index contributed by atoms with van der Waals surface area (Å²) in [7, 11) is 0.